The van der Waals surface area contributed by atoms with Gasteiger partial charge in [0.15, 0.2) is 0 Å². The lowest BCUT2D eigenvalue weighted by Gasteiger charge is -2.14. The van der Waals surface area contributed by atoms with Gasteiger partial charge in [0.05, 0.1) is 5.38 Å². The summed E-state index contributed by atoms with van der Waals surface area (Å²) in [7, 11) is -1.54. The first-order valence-corrected chi connectivity index (χ1v) is 5.28. The van der Waals surface area contributed by atoms with E-state index in [1.165, 1.54) is 17.2 Å². The third kappa shape index (κ3) is 2.19. The van der Waals surface area contributed by atoms with Crippen molar-refractivity contribution in [3.63, 3.8) is 0 Å². The van der Waals surface area contributed by atoms with Crippen molar-refractivity contribution in [2.24, 2.45) is 0 Å². The minimum absolute atomic E-state index is 0.0650. The molecule has 1 aliphatic heterocycles. The predicted octanol–water partition coefficient (Wildman–Crippen LogP) is -0.895. The Balaban J connectivity index is 2.19. The lowest BCUT2D eigenvalue weighted by atomic mass is 9.82. The normalized spacial score (nSPS) is 20.3. The molecule has 2 heterocycles. The van der Waals surface area contributed by atoms with Gasteiger partial charge in [-0.3, -0.25) is 9.69 Å². The second kappa shape index (κ2) is 4.41. The molecule has 0 radical (unpaired) electrons. The third-order valence-corrected chi connectivity index (χ3v) is 2.72. The van der Waals surface area contributed by atoms with Crippen LogP contribution in [0.4, 0.5) is 5.82 Å². The number of nitrogens with zero attached hydrogens (tertiary/aromatic N) is 2. The SMILES string of the molecule is O=C1CC(Cl)CN1c1ccc(B(O)O)cn1. The molecule has 0 saturated carbocycles. The zero-order valence-electron chi connectivity index (χ0n) is 8.38. The highest BCUT2D eigenvalue weighted by Gasteiger charge is 2.29. The average molecular weight is 240 g/mol. The molecular formula is C9H10BClN2O3. The molecule has 16 heavy (non-hydrogen) atoms. The van der Waals surface area contributed by atoms with Crippen molar-refractivity contribution >= 4 is 35.9 Å². The van der Waals surface area contributed by atoms with E-state index < -0.39 is 7.12 Å². The van der Waals surface area contributed by atoms with E-state index in [1.54, 1.807) is 6.07 Å². The first kappa shape index (κ1) is 11.4. The predicted molar refractivity (Wildman–Crippen MR) is 60.7 cm³/mol. The molecule has 7 heteroatoms. The summed E-state index contributed by atoms with van der Waals surface area (Å²) >= 11 is 5.86. The number of carbonyl (C=O) groups is 1. The van der Waals surface area contributed by atoms with E-state index in [2.05, 4.69) is 4.98 Å². The Labute approximate surface area is 97.8 Å². The Hall–Kier alpha value is -1.11. The Morgan fingerprint density at radius 3 is 2.69 bits per heavy atom. The van der Waals surface area contributed by atoms with Crippen molar-refractivity contribution in [2.75, 3.05) is 11.4 Å². The molecule has 1 fully saturated rings. The summed E-state index contributed by atoms with van der Waals surface area (Å²) in [6.07, 6.45) is 1.64. The minimum Gasteiger partial charge on any atom is -0.423 e. The number of rotatable bonds is 2. The lowest BCUT2D eigenvalue weighted by molar-refractivity contribution is -0.117. The fraction of sp³-hybridized carbons (Fsp3) is 0.333. The molecule has 1 aromatic rings. The van der Waals surface area contributed by atoms with Crippen LogP contribution in [0.1, 0.15) is 6.42 Å². The number of alkyl halides is 1. The molecule has 1 atom stereocenters. The van der Waals surface area contributed by atoms with Crippen LogP contribution in [0.3, 0.4) is 0 Å². The van der Waals surface area contributed by atoms with Crippen molar-refractivity contribution in [3.8, 4) is 0 Å². The van der Waals surface area contributed by atoms with Crippen LogP contribution >= 0.6 is 11.6 Å². The minimum atomic E-state index is -1.54. The van der Waals surface area contributed by atoms with Crippen molar-refractivity contribution in [1.82, 2.24) is 4.98 Å². The molecule has 1 aromatic heterocycles. The Morgan fingerprint density at radius 2 is 2.25 bits per heavy atom. The highest BCUT2D eigenvalue weighted by atomic mass is 35.5. The summed E-state index contributed by atoms with van der Waals surface area (Å²) in [4.78, 5) is 17.0. The van der Waals surface area contributed by atoms with Crippen LogP contribution < -0.4 is 10.4 Å². The zero-order valence-corrected chi connectivity index (χ0v) is 9.13. The van der Waals surface area contributed by atoms with Crippen LogP contribution in [-0.4, -0.2) is 40.0 Å². The maximum absolute atomic E-state index is 11.5. The fourth-order valence-electron chi connectivity index (χ4n) is 1.60. The monoisotopic (exact) mass is 240 g/mol. The largest absolute Gasteiger partial charge is 0.490 e. The van der Waals surface area contributed by atoms with Gasteiger partial charge in [0.2, 0.25) is 5.91 Å². The van der Waals surface area contributed by atoms with Crippen molar-refractivity contribution < 1.29 is 14.8 Å². The molecule has 1 aliphatic rings. The summed E-state index contributed by atoms with van der Waals surface area (Å²) in [5.74, 6) is 0.419. The van der Waals surface area contributed by atoms with Crippen LogP contribution in [0.2, 0.25) is 0 Å². The second-order valence-corrected chi connectivity index (χ2v) is 4.25. The van der Waals surface area contributed by atoms with Crippen LogP contribution in [-0.2, 0) is 4.79 Å². The summed E-state index contributed by atoms with van der Waals surface area (Å²) in [6.45, 7) is 0.439. The molecule has 84 valence electrons. The van der Waals surface area contributed by atoms with Gasteiger partial charge in [-0.1, -0.05) is 6.07 Å². The number of carbonyl (C=O) groups excluding carboxylic acids is 1. The number of pyridine rings is 1. The molecule has 0 spiro atoms. The van der Waals surface area contributed by atoms with Crippen molar-refractivity contribution in [3.05, 3.63) is 18.3 Å². The fourth-order valence-corrected chi connectivity index (χ4v) is 1.87. The maximum atomic E-state index is 11.5. The molecule has 1 saturated heterocycles. The number of hydrogen-bond acceptors (Lipinski definition) is 4. The molecule has 1 amide bonds. The smallest absolute Gasteiger partial charge is 0.423 e. The molecular weight excluding hydrogens is 230 g/mol. The molecule has 0 aromatic carbocycles. The van der Waals surface area contributed by atoms with E-state index in [-0.39, 0.29) is 16.7 Å². The molecule has 1 unspecified atom stereocenters. The average Bonchev–Trinajstić information content (AvgIpc) is 2.58. The molecule has 0 bridgehead atoms. The lowest BCUT2D eigenvalue weighted by Crippen LogP contribution is -2.31. The van der Waals surface area contributed by atoms with Gasteiger partial charge < -0.3 is 10.0 Å². The highest BCUT2D eigenvalue weighted by molar-refractivity contribution is 6.58. The quantitative estimate of drug-likeness (QED) is 0.519. The number of halogens is 1. The van der Waals surface area contributed by atoms with E-state index in [0.717, 1.165) is 0 Å². The summed E-state index contributed by atoms with van der Waals surface area (Å²) < 4.78 is 0. The molecule has 0 aliphatic carbocycles. The second-order valence-electron chi connectivity index (χ2n) is 3.63. The van der Waals surface area contributed by atoms with Crippen LogP contribution in [0, 0.1) is 0 Å². The van der Waals surface area contributed by atoms with Gasteiger partial charge in [-0.15, -0.1) is 11.6 Å². The van der Waals surface area contributed by atoms with Crippen molar-refractivity contribution in [1.29, 1.82) is 0 Å². The third-order valence-electron chi connectivity index (χ3n) is 2.42. The topological polar surface area (TPSA) is 73.7 Å². The van der Waals surface area contributed by atoms with E-state index in [4.69, 9.17) is 21.6 Å². The van der Waals surface area contributed by atoms with Crippen molar-refractivity contribution in [2.45, 2.75) is 11.8 Å². The van der Waals surface area contributed by atoms with Crippen LogP contribution in [0.25, 0.3) is 0 Å². The van der Waals surface area contributed by atoms with E-state index in [1.807, 2.05) is 0 Å². The van der Waals surface area contributed by atoms with E-state index >= 15 is 0 Å². The van der Waals surface area contributed by atoms with Gasteiger partial charge in [0.25, 0.3) is 0 Å². The molecule has 2 N–H and O–H groups in total. The Morgan fingerprint density at radius 1 is 1.50 bits per heavy atom. The Bertz CT molecular complexity index is 398. The number of anilines is 1. The number of hydrogen-bond donors (Lipinski definition) is 2. The van der Waals surface area contributed by atoms with Gasteiger partial charge in [-0.2, -0.15) is 0 Å². The number of aromatic nitrogens is 1. The van der Waals surface area contributed by atoms with Gasteiger partial charge in [0.1, 0.15) is 5.82 Å². The van der Waals surface area contributed by atoms with Crippen LogP contribution in [0.15, 0.2) is 18.3 Å². The highest BCUT2D eigenvalue weighted by Crippen LogP contribution is 2.21. The zero-order chi connectivity index (χ0) is 11.7. The van der Waals surface area contributed by atoms with Crippen LogP contribution in [0.5, 0.6) is 0 Å². The van der Waals surface area contributed by atoms with Gasteiger partial charge in [-0.25, -0.2) is 4.98 Å². The first-order valence-electron chi connectivity index (χ1n) is 4.84. The standard InChI is InChI=1S/C9H10BClN2O3/c11-7-3-9(14)13(5-7)8-2-1-6(4-12-8)10(15)16/h1-2,4,7,15-16H,3,5H2. The molecule has 5 nitrogen and oxygen atoms in total. The van der Waals surface area contributed by atoms with E-state index in [9.17, 15) is 4.79 Å². The van der Waals surface area contributed by atoms with Gasteiger partial charge in [0, 0.05) is 24.6 Å². The maximum Gasteiger partial charge on any atom is 0.490 e. The first-order chi connectivity index (χ1) is 7.58. The summed E-state index contributed by atoms with van der Waals surface area (Å²) in [5, 5.41) is 17.6. The number of amides is 1. The summed E-state index contributed by atoms with van der Waals surface area (Å²) in [6, 6.07) is 3.09. The van der Waals surface area contributed by atoms with Gasteiger partial charge >= 0.3 is 7.12 Å². The Kier molecular flexibility index (Phi) is 3.14. The van der Waals surface area contributed by atoms with Gasteiger partial charge in [-0.05, 0) is 6.07 Å². The molecule has 2 rings (SSSR count). The van der Waals surface area contributed by atoms with E-state index in [0.29, 0.717) is 18.8 Å². The summed E-state index contributed by atoms with van der Waals surface area (Å²) in [5.41, 5.74) is 0.290.